The number of anilines is 1. The molecule has 0 radical (unpaired) electrons. The Balaban J connectivity index is 2.49. The number of esters is 1. The van der Waals surface area contributed by atoms with E-state index in [0.717, 1.165) is 6.42 Å². The van der Waals surface area contributed by atoms with Crippen molar-refractivity contribution in [1.82, 2.24) is 5.32 Å². The summed E-state index contributed by atoms with van der Waals surface area (Å²) in [5, 5.41) is 3.16. The van der Waals surface area contributed by atoms with Gasteiger partial charge in [-0.05, 0) is 57.7 Å². The van der Waals surface area contributed by atoms with Crippen molar-refractivity contribution < 1.29 is 14.3 Å². The topological polar surface area (TPSA) is 81.4 Å². The zero-order valence-corrected chi connectivity index (χ0v) is 15.2. The van der Waals surface area contributed by atoms with Crippen molar-refractivity contribution in [3.8, 4) is 0 Å². The van der Waals surface area contributed by atoms with Crippen molar-refractivity contribution in [1.29, 1.82) is 0 Å². The summed E-state index contributed by atoms with van der Waals surface area (Å²) in [6.07, 6.45) is 1.26. The average molecular weight is 332 g/mol. The van der Waals surface area contributed by atoms with Crippen molar-refractivity contribution in [3.05, 3.63) is 29.8 Å². The highest BCUT2D eigenvalue weighted by Gasteiger charge is 2.53. The SMILES string of the molecule is CC1(C)CCN[C@](C(=O)OC(C)(C)C)(C(=O)c2ccccc2N)C1. The highest BCUT2D eigenvalue weighted by Crippen LogP contribution is 2.38. The molecule has 0 amide bonds. The monoisotopic (exact) mass is 332 g/mol. The molecule has 0 bridgehead atoms. The van der Waals surface area contributed by atoms with Gasteiger partial charge >= 0.3 is 5.97 Å². The molecule has 1 aliphatic rings. The molecule has 5 nitrogen and oxygen atoms in total. The lowest BCUT2D eigenvalue weighted by molar-refractivity contribution is -0.163. The minimum absolute atomic E-state index is 0.151. The third-order valence-electron chi connectivity index (χ3n) is 4.31. The zero-order valence-electron chi connectivity index (χ0n) is 15.2. The Morgan fingerprint density at radius 2 is 1.83 bits per heavy atom. The van der Waals surface area contributed by atoms with Gasteiger partial charge < -0.3 is 10.5 Å². The molecule has 132 valence electrons. The molecule has 1 heterocycles. The van der Waals surface area contributed by atoms with Crippen molar-refractivity contribution in [3.63, 3.8) is 0 Å². The van der Waals surface area contributed by atoms with Crippen LogP contribution in [0.3, 0.4) is 0 Å². The minimum Gasteiger partial charge on any atom is -0.458 e. The van der Waals surface area contributed by atoms with E-state index in [2.05, 4.69) is 19.2 Å². The number of Topliss-reactive ketones (excluding diaryl/α,β-unsaturated/α-hetero) is 1. The number of ether oxygens (including phenoxy) is 1. The standard InChI is InChI=1S/C19H28N2O3/c1-17(2,3)24-16(23)19(12-18(4,5)10-11-21-19)15(22)13-8-6-7-9-14(13)20/h6-9,21H,10-12,20H2,1-5H3/t19-/m0/s1. The molecule has 1 aromatic rings. The molecule has 0 aromatic heterocycles. The number of nitrogens with two attached hydrogens (primary N) is 1. The number of hydrogen-bond donors (Lipinski definition) is 2. The maximum atomic E-state index is 13.3. The molecule has 1 fully saturated rings. The third-order valence-corrected chi connectivity index (χ3v) is 4.31. The van der Waals surface area contributed by atoms with Crippen molar-refractivity contribution >= 4 is 17.4 Å². The van der Waals surface area contributed by atoms with E-state index in [1.807, 2.05) is 0 Å². The maximum Gasteiger partial charge on any atom is 0.335 e. The van der Waals surface area contributed by atoms with Crippen molar-refractivity contribution in [2.45, 2.75) is 58.6 Å². The van der Waals surface area contributed by atoms with Gasteiger partial charge in [-0.25, -0.2) is 4.79 Å². The van der Waals surface area contributed by atoms with Crippen molar-refractivity contribution in [2.75, 3.05) is 12.3 Å². The van der Waals surface area contributed by atoms with Gasteiger partial charge in [-0.3, -0.25) is 10.1 Å². The van der Waals surface area contributed by atoms with Gasteiger partial charge in [-0.15, -0.1) is 0 Å². The van der Waals surface area contributed by atoms with Gasteiger partial charge in [-0.1, -0.05) is 26.0 Å². The number of ketones is 1. The molecule has 1 aliphatic heterocycles. The second-order valence-corrected chi connectivity index (χ2v) is 8.34. The smallest absolute Gasteiger partial charge is 0.335 e. The molecular weight excluding hydrogens is 304 g/mol. The van der Waals surface area contributed by atoms with E-state index in [1.54, 1.807) is 45.0 Å². The van der Waals surface area contributed by atoms with E-state index in [9.17, 15) is 9.59 Å². The van der Waals surface area contributed by atoms with Crippen LogP contribution in [-0.2, 0) is 9.53 Å². The Labute approximate surface area is 143 Å². The van der Waals surface area contributed by atoms with Crippen LogP contribution in [0.1, 0.15) is 57.8 Å². The Hall–Kier alpha value is -1.88. The van der Waals surface area contributed by atoms with E-state index in [0.29, 0.717) is 24.2 Å². The number of hydrogen-bond acceptors (Lipinski definition) is 5. The predicted octanol–water partition coefficient (Wildman–Crippen LogP) is 2.94. The molecule has 0 aliphatic carbocycles. The number of benzene rings is 1. The summed E-state index contributed by atoms with van der Waals surface area (Å²) >= 11 is 0. The van der Waals surface area contributed by atoms with E-state index in [-0.39, 0.29) is 11.2 Å². The number of para-hydroxylation sites is 1. The Morgan fingerprint density at radius 3 is 2.38 bits per heavy atom. The van der Waals surface area contributed by atoms with E-state index >= 15 is 0 Å². The van der Waals surface area contributed by atoms with Crippen LogP contribution in [0, 0.1) is 5.41 Å². The molecule has 1 saturated heterocycles. The van der Waals surface area contributed by atoms with Gasteiger partial charge in [0, 0.05) is 11.3 Å². The Kier molecular flexibility index (Phi) is 4.77. The Morgan fingerprint density at radius 1 is 1.21 bits per heavy atom. The van der Waals surface area contributed by atoms with E-state index in [4.69, 9.17) is 10.5 Å². The summed E-state index contributed by atoms with van der Waals surface area (Å²) in [6, 6.07) is 6.85. The largest absolute Gasteiger partial charge is 0.458 e. The fourth-order valence-electron chi connectivity index (χ4n) is 3.18. The van der Waals surface area contributed by atoms with Crippen LogP contribution in [0.4, 0.5) is 5.69 Å². The number of carbonyl (C=O) groups excluding carboxylic acids is 2. The van der Waals surface area contributed by atoms with Crippen LogP contribution < -0.4 is 11.1 Å². The lowest BCUT2D eigenvalue weighted by Crippen LogP contribution is -2.64. The van der Waals surface area contributed by atoms with Gasteiger partial charge in [0.1, 0.15) is 5.60 Å². The molecule has 24 heavy (non-hydrogen) atoms. The van der Waals surface area contributed by atoms with Crippen LogP contribution in [0.25, 0.3) is 0 Å². The Bertz CT molecular complexity index is 646. The first kappa shape index (κ1) is 18.5. The number of nitrogen functional groups attached to an aromatic ring is 1. The summed E-state index contributed by atoms with van der Waals surface area (Å²) in [4.78, 5) is 26.3. The van der Waals surface area contributed by atoms with Gasteiger partial charge in [0.15, 0.2) is 11.3 Å². The lowest BCUT2D eigenvalue weighted by atomic mass is 9.70. The van der Waals surface area contributed by atoms with Crippen LogP contribution in [0.5, 0.6) is 0 Å². The minimum atomic E-state index is -1.40. The summed E-state index contributed by atoms with van der Waals surface area (Å²) < 4.78 is 5.59. The molecule has 5 heteroatoms. The first-order valence-corrected chi connectivity index (χ1v) is 8.35. The number of carbonyl (C=O) groups is 2. The van der Waals surface area contributed by atoms with Gasteiger partial charge in [0.25, 0.3) is 0 Å². The average Bonchev–Trinajstić information content (AvgIpc) is 2.44. The summed E-state index contributed by atoms with van der Waals surface area (Å²) in [5.74, 6) is -0.848. The van der Waals surface area contributed by atoms with Gasteiger partial charge in [-0.2, -0.15) is 0 Å². The molecule has 2 rings (SSSR count). The number of piperidine rings is 1. The third kappa shape index (κ3) is 3.78. The quantitative estimate of drug-likeness (QED) is 0.385. The first-order chi connectivity index (χ1) is 11.0. The molecule has 0 spiro atoms. The summed E-state index contributed by atoms with van der Waals surface area (Å²) in [6.45, 7) is 10.1. The summed E-state index contributed by atoms with van der Waals surface area (Å²) in [7, 11) is 0. The highest BCUT2D eigenvalue weighted by atomic mass is 16.6. The molecule has 3 N–H and O–H groups in total. The zero-order chi connectivity index (χ0) is 18.2. The lowest BCUT2D eigenvalue weighted by Gasteiger charge is -2.43. The highest BCUT2D eigenvalue weighted by molar-refractivity contribution is 6.18. The van der Waals surface area contributed by atoms with Gasteiger partial charge in [0.05, 0.1) is 0 Å². The molecular formula is C19H28N2O3. The second-order valence-electron chi connectivity index (χ2n) is 8.34. The van der Waals surface area contributed by atoms with E-state index in [1.165, 1.54) is 0 Å². The second kappa shape index (κ2) is 6.20. The first-order valence-electron chi connectivity index (χ1n) is 8.35. The fourth-order valence-corrected chi connectivity index (χ4v) is 3.18. The predicted molar refractivity (Wildman–Crippen MR) is 94.8 cm³/mol. The normalized spacial score (nSPS) is 23.5. The van der Waals surface area contributed by atoms with Crippen LogP contribution >= 0.6 is 0 Å². The van der Waals surface area contributed by atoms with E-state index < -0.39 is 17.1 Å². The number of rotatable bonds is 3. The summed E-state index contributed by atoms with van der Waals surface area (Å²) in [5.41, 5.74) is 4.49. The molecule has 0 unspecified atom stereocenters. The molecule has 1 atom stereocenters. The van der Waals surface area contributed by atoms with Crippen molar-refractivity contribution in [2.24, 2.45) is 5.41 Å². The van der Waals surface area contributed by atoms with Crippen LogP contribution in [0.2, 0.25) is 0 Å². The molecule has 0 saturated carbocycles. The van der Waals surface area contributed by atoms with Crippen LogP contribution in [0.15, 0.2) is 24.3 Å². The number of nitrogens with one attached hydrogen (secondary N) is 1. The van der Waals surface area contributed by atoms with Crippen LogP contribution in [-0.4, -0.2) is 29.4 Å². The maximum absolute atomic E-state index is 13.3. The fraction of sp³-hybridized carbons (Fsp3) is 0.579. The van der Waals surface area contributed by atoms with Gasteiger partial charge in [0.2, 0.25) is 0 Å². The molecule has 1 aromatic carbocycles.